The minimum atomic E-state index is -0.935. The van der Waals surface area contributed by atoms with Crippen molar-refractivity contribution in [3.63, 3.8) is 0 Å². The lowest BCUT2D eigenvalue weighted by Gasteiger charge is -2.08. The van der Waals surface area contributed by atoms with Crippen LogP contribution < -0.4 is 16.8 Å². The van der Waals surface area contributed by atoms with Crippen molar-refractivity contribution in [2.75, 3.05) is 5.32 Å². The van der Waals surface area contributed by atoms with Crippen molar-refractivity contribution in [3.05, 3.63) is 12.4 Å². The average Bonchev–Trinajstić information content (AvgIpc) is 2.65. The van der Waals surface area contributed by atoms with Gasteiger partial charge in [0.1, 0.15) is 0 Å². The number of primary amides is 1. The standard InChI is InChI=1S/C10H17N5O2/c1-6(2)15-5-7(4-13-15)14-10(17)8(11)3-9(12)16/h4-6,8H,3,11H2,1-2H3,(H2,12,16)(H,14,17). The van der Waals surface area contributed by atoms with Crippen LogP contribution in [0.4, 0.5) is 5.69 Å². The number of rotatable bonds is 5. The molecule has 0 saturated carbocycles. The summed E-state index contributed by atoms with van der Waals surface area (Å²) in [6, 6.07) is -0.727. The Morgan fingerprint density at radius 3 is 2.65 bits per heavy atom. The van der Waals surface area contributed by atoms with Gasteiger partial charge in [-0.3, -0.25) is 14.3 Å². The summed E-state index contributed by atoms with van der Waals surface area (Å²) in [7, 11) is 0. The van der Waals surface area contributed by atoms with Crippen molar-refractivity contribution >= 4 is 17.5 Å². The molecular formula is C10H17N5O2. The fourth-order valence-electron chi connectivity index (χ4n) is 1.23. The SMILES string of the molecule is CC(C)n1cc(NC(=O)C(N)CC(N)=O)cn1. The van der Waals surface area contributed by atoms with Gasteiger partial charge in [0.25, 0.3) is 0 Å². The van der Waals surface area contributed by atoms with Gasteiger partial charge in [0.2, 0.25) is 11.8 Å². The van der Waals surface area contributed by atoms with E-state index in [1.165, 1.54) is 6.20 Å². The maximum Gasteiger partial charge on any atom is 0.241 e. The van der Waals surface area contributed by atoms with Crippen LogP contribution in [-0.2, 0) is 9.59 Å². The number of nitrogens with two attached hydrogens (primary N) is 2. The van der Waals surface area contributed by atoms with E-state index in [0.717, 1.165) is 0 Å². The molecule has 1 atom stereocenters. The number of carbonyl (C=O) groups excluding carboxylic acids is 2. The molecule has 0 radical (unpaired) electrons. The number of anilines is 1. The lowest BCUT2D eigenvalue weighted by Crippen LogP contribution is -2.38. The second-order valence-corrected chi connectivity index (χ2v) is 4.07. The predicted octanol–water partition coefficient (Wildman–Crippen LogP) is -0.395. The van der Waals surface area contributed by atoms with E-state index in [4.69, 9.17) is 11.5 Å². The molecule has 0 spiro atoms. The van der Waals surface area contributed by atoms with Crippen molar-refractivity contribution in [3.8, 4) is 0 Å². The van der Waals surface area contributed by atoms with Crippen LogP contribution in [0.15, 0.2) is 12.4 Å². The Labute approximate surface area is 99.1 Å². The molecule has 0 aliphatic rings. The Balaban J connectivity index is 2.58. The quantitative estimate of drug-likeness (QED) is 0.648. The zero-order valence-electron chi connectivity index (χ0n) is 9.88. The summed E-state index contributed by atoms with van der Waals surface area (Å²) in [6.07, 6.45) is 3.04. The van der Waals surface area contributed by atoms with Crippen molar-refractivity contribution in [1.82, 2.24) is 9.78 Å². The van der Waals surface area contributed by atoms with Gasteiger partial charge in [-0.05, 0) is 13.8 Å². The third kappa shape index (κ3) is 3.87. The highest BCUT2D eigenvalue weighted by molar-refractivity contribution is 5.96. The molecule has 5 N–H and O–H groups in total. The molecule has 1 rings (SSSR count). The summed E-state index contributed by atoms with van der Waals surface area (Å²) in [5.74, 6) is -1.06. The molecular weight excluding hydrogens is 222 g/mol. The van der Waals surface area contributed by atoms with E-state index in [9.17, 15) is 9.59 Å². The number of nitrogens with zero attached hydrogens (tertiary/aromatic N) is 2. The molecule has 94 valence electrons. The van der Waals surface area contributed by atoms with Crippen LogP contribution in [0.3, 0.4) is 0 Å². The first-order chi connectivity index (χ1) is 7.90. The molecule has 1 unspecified atom stereocenters. The largest absolute Gasteiger partial charge is 0.370 e. The van der Waals surface area contributed by atoms with Gasteiger partial charge >= 0.3 is 0 Å². The summed E-state index contributed by atoms with van der Waals surface area (Å²) < 4.78 is 1.70. The highest BCUT2D eigenvalue weighted by atomic mass is 16.2. The Morgan fingerprint density at radius 2 is 2.18 bits per heavy atom. The van der Waals surface area contributed by atoms with Crippen molar-refractivity contribution in [1.29, 1.82) is 0 Å². The molecule has 0 saturated heterocycles. The van der Waals surface area contributed by atoms with E-state index >= 15 is 0 Å². The van der Waals surface area contributed by atoms with Gasteiger partial charge < -0.3 is 16.8 Å². The first kappa shape index (κ1) is 13.2. The molecule has 7 nitrogen and oxygen atoms in total. The van der Waals surface area contributed by atoms with Gasteiger partial charge in [0.15, 0.2) is 0 Å². The third-order valence-electron chi connectivity index (χ3n) is 2.16. The van der Waals surface area contributed by atoms with E-state index in [2.05, 4.69) is 10.4 Å². The number of carbonyl (C=O) groups is 2. The number of hydrogen-bond acceptors (Lipinski definition) is 4. The van der Waals surface area contributed by atoms with Crippen molar-refractivity contribution in [2.45, 2.75) is 32.4 Å². The lowest BCUT2D eigenvalue weighted by molar-refractivity contribution is -0.123. The molecule has 7 heteroatoms. The van der Waals surface area contributed by atoms with Crippen LogP contribution in [0.25, 0.3) is 0 Å². The molecule has 1 heterocycles. The van der Waals surface area contributed by atoms with Crippen LogP contribution in [0, 0.1) is 0 Å². The molecule has 17 heavy (non-hydrogen) atoms. The van der Waals surface area contributed by atoms with Gasteiger partial charge in [-0.25, -0.2) is 0 Å². The van der Waals surface area contributed by atoms with Gasteiger partial charge in [0, 0.05) is 12.2 Å². The van der Waals surface area contributed by atoms with Gasteiger partial charge in [-0.1, -0.05) is 0 Å². The van der Waals surface area contributed by atoms with Crippen molar-refractivity contribution < 1.29 is 9.59 Å². The van der Waals surface area contributed by atoms with Crippen LogP contribution in [0.5, 0.6) is 0 Å². The number of nitrogens with one attached hydrogen (secondary N) is 1. The first-order valence-corrected chi connectivity index (χ1v) is 5.29. The van der Waals surface area contributed by atoms with Crippen LogP contribution in [-0.4, -0.2) is 27.6 Å². The summed E-state index contributed by atoms with van der Waals surface area (Å²) in [4.78, 5) is 22.2. The minimum Gasteiger partial charge on any atom is -0.370 e. The normalized spacial score (nSPS) is 12.5. The zero-order valence-corrected chi connectivity index (χ0v) is 9.88. The van der Waals surface area contributed by atoms with E-state index in [1.807, 2.05) is 13.8 Å². The summed E-state index contributed by atoms with van der Waals surface area (Å²) in [6.45, 7) is 3.94. The van der Waals surface area contributed by atoms with E-state index in [0.29, 0.717) is 5.69 Å². The van der Waals surface area contributed by atoms with E-state index in [-0.39, 0.29) is 12.5 Å². The topological polar surface area (TPSA) is 116 Å². The third-order valence-corrected chi connectivity index (χ3v) is 2.16. The highest BCUT2D eigenvalue weighted by Gasteiger charge is 2.16. The monoisotopic (exact) mass is 239 g/mol. The number of amides is 2. The second kappa shape index (κ2) is 5.44. The molecule has 0 bridgehead atoms. The average molecular weight is 239 g/mol. The maximum atomic E-state index is 11.5. The highest BCUT2D eigenvalue weighted by Crippen LogP contribution is 2.10. The molecule has 1 aromatic rings. The maximum absolute atomic E-state index is 11.5. The Hall–Kier alpha value is -1.89. The summed E-state index contributed by atoms with van der Waals surface area (Å²) in [5, 5.41) is 6.63. The Kier molecular flexibility index (Phi) is 4.22. The second-order valence-electron chi connectivity index (χ2n) is 4.07. The molecule has 2 amide bonds. The van der Waals surface area contributed by atoms with E-state index in [1.54, 1.807) is 10.9 Å². The van der Waals surface area contributed by atoms with Gasteiger partial charge in [-0.15, -0.1) is 0 Å². The van der Waals surface area contributed by atoms with Crippen LogP contribution in [0.2, 0.25) is 0 Å². The Bertz CT molecular complexity index is 413. The summed E-state index contributed by atoms with van der Waals surface area (Å²) in [5.41, 5.74) is 11.0. The fraction of sp³-hybridized carbons (Fsp3) is 0.500. The molecule has 1 aromatic heterocycles. The smallest absolute Gasteiger partial charge is 0.241 e. The molecule has 0 aromatic carbocycles. The zero-order chi connectivity index (χ0) is 13.0. The first-order valence-electron chi connectivity index (χ1n) is 5.29. The summed E-state index contributed by atoms with van der Waals surface area (Å²) >= 11 is 0. The molecule has 0 aliphatic heterocycles. The molecule has 0 aliphatic carbocycles. The van der Waals surface area contributed by atoms with Crippen LogP contribution in [0.1, 0.15) is 26.3 Å². The van der Waals surface area contributed by atoms with Gasteiger partial charge in [-0.2, -0.15) is 5.10 Å². The van der Waals surface area contributed by atoms with E-state index < -0.39 is 17.9 Å². The van der Waals surface area contributed by atoms with Gasteiger partial charge in [0.05, 0.1) is 24.3 Å². The molecule has 0 fully saturated rings. The Morgan fingerprint density at radius 1 is 1.53 bits per heavy atom. The number of aromatic nitrogens is 2. The number of hydrogen-bond donors (Lipinski definition) is 3. The minimum absolute atomic E-state index is 0.176. The predicted molar refractivity (Wildman–Crippen MR) is 63.0 cm³/mol. The fourth-order valence-corrected chi connectivity index (χ4v) is 1.23. The van der Waals surface area contributed by atoms with Crippen molar-refractivity contribution in [2.24, 2.45) is 11.5 Å². The van der Waals surface area contributed by atoms with Crippen LogP contribution >= 0.6 is 0 Å². The lowest BCUT2D eigenvalue weighted by atomic mass is 10.2.